The highest BCUT2D eigenvalue weighted by Crippen LogP contribution is 2.11. The molecule has 0 aliphatic carbocycles. The highest BCUT2D eigenvalue weighted by Gasteiger charge is 2.16. The molecule has 0 bridgehead atoms. The molecule has 1 rings (SSSR count). The molecule has 1 aromatic carbocycles. The summed E-state index contributed by atoms with van der Waals surface area (Å²) in [7, 11) is 0. The van der Waals surface area contributed by atoms with Crippen LogP contribution in [-0.2, 0) is 12.8 Å². The van der Waals surface area contributed by atoms with E-state index in [9.17, 15) is 0 Å². The van der Waals surface area contributed by atoms with Crippen molar-refractivity contribution in [1.29, 1.82) is 0 Å². The van der Waals surface area contributed by atoms with E-state index in [0.717, 1.165) is 25.5 Å². The van der Waals surface area contributed by atoms with Crippen LogP contribution in [0.25, 0.3) is 0 Å². The van der Waals surface area contributed by atoms with E-state index in [-0.39, 0.29) is 0 Å². The lowest BCUT2D eigenvalue weighted by atomic mass is 9.40. The van der Waals surface area contributed by atoms with Crippen molar-refractivity contribution in [3.63, 3.8) is 0 Å². The summed E-state index contributed by atoms with van der Waals surface area (Å²) < 4.78 is 0. The summed E-state index contributed by atoms with van der Waals surface area (Å²) in [6.07, 6.45) is 10.0. The van der Waals surface area contributed by atoms with Gasteiger partial charge >= 0.3 is 0 Å². The van der Waals surface area contributed by atoms with E-state index in [1.807, 2.05) is 18.2 Å². The molecular formula is C17H23B. The third-order valence-corrected chi connectivity index (χ3v) is 3.32. The fourth-order valence-corrected chi connectivity index (χ4v) is 2.36. The van der Waals surface area contributed by atoms with Crippen molar-refractivity contribution in [2.75, 3.05) is 0 Å². The van der Waals surface area contributed by atoms with Gasteiger partial charge < -0.3 is 0 Å². The van der Waals surface area contributed by atoms with Crippen LogP contribution in [-0.4, -0.2) is 6.71 Å². The highest BCUT2D eigenvalue weighted by molar-refractivity contribution is 6.74. The van der Waals surface area contributed by atoms with E-state index in [4.69, 9.17) is 0 Å². The Morgan fingerprint density at radius 2 is 1.72 bits per heavy atom. The Kier molecular flexibility index (Phi) is 6.28. The first-order valence-electron chi connectivity index (χ1n) is 6.71. The minimum atomic E-state index is 0.501. The van der Waals surface area contributed by atoms with Gasteiger partial charge in [0.05, 0.1) is 0 Å². The fourth-order valence-electron chi connectivity index (χ4n) is 2.36. The smallest absolute Gasteiger partial charge is 0.104 e. The maximum absolute atomic E-state index is 3.86. The monoisotopic (exact) mass is 238 g/mol. The van der Waals surface area contributed by atoms with E-state index in [1.54, 1.807) is 0 Å². The van der Waals surface area contributed by atoms with E-state index in [0.29, 0.717) is 6.71 Å². The van der Waals surface area contributed by atoms with Gasteiger partial charge in [-0.25, -0.2) is 0 Å². The first-order chi connectivity index (χ1) is 8.76. The van der Waals surface area contributed by atoms with Crippen LogP contribution in [0.2, 0.25) is 12.6 Å². The molecule has 0 saturated carbocycles. The van der Waals surface area contributed by atoms with Crippen LogP contribution in [0.3, 0.4) is 0 Å². The third-order valence-electron chi connectivity index (χ3n) is 3.32. The topological polar surface area (TPSA) is 0 Å². The van der Waals surface area contributed by atoms with Crippen LogP contribution < -0.4 is 5.46 Å². The average Bonchev–Trinajstić information content (AvgIpc) is 2.39. The Morgan fingerprint density at radius 1 is 1.06 bits per heavy atom. The summed E-state index contributed by atoms with van der Waals surface area (Å²) in [6, 6.07) is 6.83. The SMILES string of the molecule is C=CCB(CC=C)c1ccc(CC)cc1CC=C. The van der Waals surface area contributed by atoms with Gasteiger partial charge in [-0.15, -0.1) is 19.7 Å². The lowest BCUT2D eigenvalue weighted by molar-refractivity contribution is 1.12. The van der Waals surface area contributed by atoms with Crippen molar-refractivity contribution in [1.82, 2.24) is 0 Å². The number of hydrogen-bond acceptors (Lipinski definition) is 0. The molecule has 0 spiro atoms. The predicted molar refractivity (Wildman–Crippen MR) is 85.1 cm³/mol. The summed E-state index contributed by atoms with van der Waals surface area (Å²) in [6.45, 7) is 14.3. The number of rotatable bonds is 8. The van der Waals surface area contributed by atoms with Gasteiger partial charge in [0.15, 0.2) is 6.71 Å². The molecule has 0 aliphatic rings. The summed E-state index contributed by atoms with van der Waals surface area (Å²) in [5.41, 5.74) is 4.22. The Hall–Kier alpha value is -1.50. The second-order valence-corrected chi connectivity index (χ2v) is 4.63. The highest BCUT2D eigenvalue weighted by atomic mass is 14.0. The van der Waals surface area contributed by atoms with Crippen LogP contribution >= 0.6 is 0 Å². The van der Waals surface area contributed by atoms with Crippen molar-refractivity contribution >= 4 is 12.2 Å². The van der Waals surface area contributed by atoms with E-state index >= 15 is 0 Å². The summed E-state index contributed by atoms with van der Waals surface area (Å²) in [5, 5.41) is 0. The molecule has 0 heterocycles. The van der Waals surface area contributed by atoms with Gasteiger partial charge in [-0.3, -0.25) is 0 Å². The lowest BCUT2D eigenvalue weighted by Crippen LogP contribution is -2.32. The zero-order valence-electron chi connectivity index (χ0n) is 11.5. The summed E-state index contributed by atoms with van der Waals surface area (Å²) >= 11 is 0. The van der Waals surface area contributed by atoms with Gasteiger partial charge in [-0.1, -0.05) is 61.5 Å². The third kappa shape index (κ3) is 3.77. The number of allylic oxidation sites excluding steroid dienone is 3. The number of benzene rings is 1. The number of hydrogen-bond donors (Lipinski definition) is 0. The van der Waals surface area contributed by atoms with Gasteiger partial charge in [-0.2, -0.15) is 0 Å². The quantitative estimate of drug-likeness (QED) is 0.473. The largest absolute Gasteiger partial charge is 0.183 e. The minimum absolute atomic E-state index is 0.501. The molecular weight excluding hydrogens is 215 g/mol. The van der Waals surface area contributed by atoms with E-state index in [1.165, 1.54) is 16.6 Å². The van der Waals surface area contributed by atoms with Crippen LogP contribution in [0.5, 0.6) is 0 Å². The maximum Gasteiger partial charge on any atom is 0.183 e. The molecule has 0 radical (unpaired) electrons. The Bertz CT molecular complexity index is 408. The molecule has 0 unspecified atom stereocenters. The van der Waals surface area contributed by atoms with Gasteiger partial charge in [0.25, 0.3) is 0 Å². The summed E-state index contributed by atoms with van der Waals surface area (Å²) in [5.74, 6) is 0. The minimum Gasteiger partial charge on any atom is -0.104 e. The normalized spacial score (nSPS) is 9.83. The zero-order chi connectivity index (χ0) is 13.4. The average molecular weight is 238 g/mol. The molecule has 94 valence electrons. The Morgan fingerprint density at radius 3 is 2.22 bits per heavy atom. The Balaban J connectivity index is 3.13. The molecule has 0 nitrogen and oxygen atoms in total. The molecule has 0 fully saturated rings. The molecule has 0 saturated heterocycles. The van der Waals surface area contributed by atoms with Gasteiger partial charge in [0, 0.05) is 0 Å². The van der Waals surface area contributed by atoms with Crippen molar-refractivity contribution in [3.05, 3.63) is 67.3 Å². The van der Waals surface area contributed by atoms with Crippen LogP contribution in [0.4, 0.5) is 0 Å². The molecule has 0 aromatic heterocycles. The summed E-state index contributed by atoms with van der Waals surface area (Å²) in [4.78, 5) is 0. The maximum atomic E-state index is 3.86. The number of aryl methyl sites for hydroxylation is 1. The van der Waals surface area contributed by atoms with Crippen molar-refractivity contribution in [2.24, 2.45) is 0 Å². The molecule has 0 aliphatic heterocycles. The van der Waals surface area contributed by atoms with Crippen LogP contribution in [0, 0.1) is 0 Å². The Labute approximate surface area is 112 Å². The first-order valence-corrected chi connectivity index (χ1v) is 6.71. The van der Waals surface area contributed by atoms with Crippen LogP contribution in [0.15, 0.2) is 56.2 Å². The van der Waals surface area contributed by atoms with Crippen molar-refractivity contribution < 1.29 is 0 Å². The first kappa shape index (κ1) is 14.6. The van der Waals surface area contributed by atoms with Gasteiger partial charge in [0.2, 0.25) is 0 Å². The van der Waals surface area contributed by atoms with Gasteiger partial charge in [-0.05, 0) is 24.0 Å². The van der Waals surface area contributed by atoms with Gasteiger partial charge in [0.1, 0.15) is 0 Å². The van der Waals surface area contributed by atoms with E-state index in [2.05, 4.69) is 44.9 Å². The second kappa shape index (κ2) is 7.76. The lowest BCUT2D eigenvalue weighted by Gasteiger charge is -2.16. The van der Waals surface area contributed by atoms with E-state index < -0.39 is 0 Å². The van der Waals surface area contributed by atoms with Crippen LogP contribution in [0.1, 0.15) is 18.1 Å². The predicted octanol–water partition coefficient (Wildman–Crippen LogP) is 4.05. The molecule has 0 amide bonds. The van der Waals surface area contributed by atoms with Crippen molar-refractivity contribution in [3.8, 4) is 0 Å². The van der Waals surface area contributed by atoms with Crippen molar-refractivity contribution in [2.45, 2.75) is 32.4 Å². The fraction of sp³-hybridized carbons (Fsp3) is 0.294. The standard InChI is InChI=1S/C17H23B/c1-5-9-16-14-15(8-4)10-11-17(16)18(12-6-2)13-7-3/h5-7,10-11,14H,1-3,8-9,12-13H2,4H3. The second-order valence-electron chi connectivity index (χ2n) is 4.63. The molecule has 1 aromatic rings. The zero-order valence-corrected chi connectivity index (χ0v) is 11.5. The molecule has 0 atom stereocenters. The molecule has 18 heavy (non-hydrogen) atoms. The molecule has 0 N–H and O–H groups in total. The molecule has 1 heteroatoms.